The second-order valence-electron chi connectivity index (χ2n) is 11.8. The quantitative estimate of drug-likeness (QED) is 0.0993. The van der Waals surface area contributed by atoms with Crippen molar-refractivity contribution < 1.29 is 41.7 Å². The van der Waals surface area contributed by atoms with Crippen LogP contribution in [0, 0.1) is 30.3 Å². The van der Waals surface area contributed by atoms with E-state index in [0.717, 1.165) is 16.7 Å². The maximum atomic E-state index is 11.2. The lowest BCUT2D eigenvalue weighted by molar-refractivity contribution is -0.385. The summed E-state index contributed by atoms with van der Waals surface area (Å²) >= 11 is 0. The van der Waals surface area contributed by atoms with Crippen molar-refractivity contribution in [3.05, 3.63) is 174 Å². The first-order chi connectivity index (χ1) is 24.7. The molecule has 4 heterocycles. The summed E-state index contributed by atoms with van der Waals surface area (Å²) in [7, 11) is -3.07. The first-order valence-corrected chi connectivity index (χ1v) is 15.5. The van der Waals surface area contributed by atoms with Crippen LogP contribution in [0.25, 0.3) is 0 Å². The molecule has 0 aliphatic carbocycles. The van der Waals surface area contributed by atoms with Crippen molar-refractivity contribution in [1.82, 2.24) is 0 Å². The van der Waals surface area contributed by atoms with E-state index < -0.39 is 36.1 Å². The molecule has 0 amide bonds. The third kappa shape index (κ3) is 7.38. The molecular formula is C33H24B3N3O12. The highest BCUT2D eigenvalue weighted by atomic mass is 16.7. The number of rotatable bonds is 12. The van der Waals surface area contributed by atoms with Crippen LogP contribution >= 0.6 is 0 Å². The smallest absolute Gasteiger partial charge is 0.470 e. The zero-order valence-electron chi connectivity index (χ0n) is 26.5. The first-order valence-electron chi connectivity index (χ1n) is 15.5. The highest BCUT2D eigenvalue weighted by Crippen LogP contribution is 2.22. The van der Waals surface area contributed by atoms with Crippen LogP contribution in [0.15, 0.2) is 124 Å². The number of nitrogens with zero attached hydrogens (tertiary/aromatic N) is 3. The van der Waals surface area contributed by atoms with Crippen LogP contribution in [-0.2, 0) is 33.0 Å². The van der Waals surface area contributed by atoms with E-state index in [-0.39, 0.29) is 17.1 Å². The third-order valence-corrected chi connectivity index (χ3v) is 8.46. The molecule has 0 spiro atoms. The van der Waals surface area contributed by atoms with Gasteiger partial charge in [-0.15, -0.1) is 0 Å². The summed E-state index contributed by atoms with van der Waals surface area (Å²) in [5, 5.41) is 33.5. The Morgan fingerprint density at radius 1 is 0.412 bits per heavy atom. The maximum absolute atomic E-state index is 11.2. The van der Waals surface area contributed by atoms with E-state index in [4.69, 9.17) is 27.0 Å². The first kappa shape index (κ1) is 33.3. The van der Waals surface area contributed by atoms with Gasteiger partial charge in [-0.2, -0.15) is 0 Å². The molecule has 3 aromatic carbocycles. The largest absolute Gasteiger partial charge is 0.473 e. The van der Waals surface area contributed by atoms with Gasteiger partial charge < -0.3 is 27.0 Å². The molecular weight excluding hydrogens is 663 g/mol. The van der Waals surface area contributed by atoms with Crippen LogP contribution in [0.2, 0.25) is 0 Å². The minimum atomic E-state index is -1.02. The van der Waals surface area contributed by atoms with Crippen LogP contribution in [0.3, 0.4) is 0 Å². The monoisotopic (exact) mass is 687 g/mol. The summed E-state index contributed by atoms with van der Waals surface area (Å²) < 4.78 is 36.1. The maximum Gasteiger partial charge on any atom is 0.470 e. The lowest BCUT2D eigenvalue weighted by Gasteiger charge is -2.31. The summed E-state index contributed by atoms with van der Waals surface area (Å²) in [6, 6.07) is 18.6. The second-order valence-corrected chi connectivity index (χ2v) is 11.8. The van der Waals surface area contributed by atoms with Crippen molar-refractivity contribution in [3.8, 4) is 0 Å². The fraction of sp³-hybridized carbons (Fsp3) is 0.0909. The molecule has 6 aromatic rings. The predicted octanol–water partition coefficient (Wildman–Crippen LogP) is 4.51. The highest BCUT2D eigenvalue weighted by Gasteiger charge is 2.47. The number of hydrogen-bond acceptors (Lipinski definition) is 12. The molecule has 1 aliphatic rings. The second kappa shape index (κ2) is 14.3. The van der Waals surface area contributed by atoms with Gasteiger partial charge >= 0.3 is 21.4 Å². The fourth-order valence-electron chi connectivity index (χ4n) is 5.79. The molecule has 7 rings (SSSR count). The molecule has 3 aromatic heterocycles. The molecule has 0 unspecified atom stereocenters. The van der Waals surface area contributed by atoms with Gasteiger partial charge in [0.25, 0.3) is 17.1 Å². The van der Waals surface area contributed by atoms with Crippen LogP contribution in [-0.4, -0.2) is 36.1 Å². The lowest BCUT2D eigenvalue weighted by Crippen LogP contribution is -2.62. The number of nitro benzene ring substituents is 3. The number of hydrogen-bond donors (Lipinski definition) is 0. The Morgan fingerprint density at radius 3 is 0.902 bits per heavy atom. The van der Waals surface area contributed by atoms with Crippen molar-refractivity contribution in [1.29, 1.82) is 0 Å². The Bertz CT molecular complexity index is 1930. The Balaban J connectivity index is 1.19. The standard InChI is InChI=1S/C33H24B3N3O12/c40-37(41)28-7-1-22(2-8-28)13-25-16-46-19-31(25)34-49-35(32-20-47-17-26(32)14-23-3-9-29(10-4-23)38(42)43)51-36(50-34)33-21-48-18-27(33)15-24-5-11-30(12-6-24)39(44)45/h1-12,16-21H,13-15H2. The minimum absolute atomic E-state index is 0.0257. The SMILES string of the molecule is O=[N+]([O-])c1ccc(Cc2cocc2B2OB(c3cocc3Cc3ccc([N+](=O)[O-])cc3)OB(c3cocc3Cc3ccc([N+](=O)[O-])cc3)O2)cc1. The van der Waals surface area contributed by atoms with Gasteiger partial charge in [0.05, 0.1) is 52.3 Å². The van der Waals surface area contributed by atoms with Crippen LogP contribution < -0.4 is 16.4 Å². The molecule has 0 atom stereocenters. The van der Waals surface area contributed by atoms with Crippen molar-refractivity contribution in [2.75, 3.05) is 0 Å². The number of non-ortho nitro benzene ring substituents is 3. The van der Waals surface area contributed by atoms with Gasteiger partial charge in [-0.25, -0.2) is 0 Å². The molecule has 1 aliphatic heterocycles. The Morgan fingerprint density at radius 2 is 0.667 bits per heavy atom. The van der Waals surface area contributed by atoms with Gasteiger partial charge in [0, 0.05) is 72.0 Å². The molecule has 0 radical (unpaired) electrons. The third-order valence-electron chi connectivity index (χ3n) is 8.46. The normalized spacial score (nSPS) is 13.1. The Kier molecular flexibility index (Phi) is 9.35. The fourth-order valence-corrected chi connectivity index (χ4v) is 5.79. The molecule has 1 fully saturated rings. The number of benzene rings is 3. The molecule has 0 bridgehead atoms. The van der Waals surface area contributed by atoms with Crippen molar-refractivity contribution in [2.45, 2.75) is 19.3 Å². The van der Waals surface area contributed by atoms with E-state index >= 15 is 0 Å². The molecule has 252 valence electrons. The number of nitro groups is 3. The minimum Gasteiger partial charge on any atom is -0.473 e. The van der Waals surface area contributed by atoms with Crippen molar-refractivity contribution in [3.63, 3.8) is 0 Å². The summed E-state index contributed by atoms with van der Waals surface area (Å²) in [6.07, 6.45) is 10.3. The molecule has 0 N–H and O–H groups in total. The molecule has 18 heteroatoms. The van der Waals surface area contributed by atoms with Crippen LogP contribution in [0.5, 0.6) is 0 Å². The average Bonchev–Trinajstić information content (AvgIpc) is 3.91. The Labute approximate surface area is 289 Å². The average molecular weight is 687 g/mol. The van der Waals surface area contributed by atoms with E-state index in [9.17, 15) is 30.3 Å². The van der Waals surface area contributed by atoms with E-state index in [1.807, 2.05) is 0 Å². The molecule has 15 nitrogen and oxygen atoms in total. The van der Waals surface area contributed by atoms with E-state index in [0.29, 0.717) is 52.3 Å². The van der Waals surface area contributed by atoms with Crippen molar-refractivity contribution in [2.24, 2.45) is 0 Å². The lowest BCUT2D eigenvalue weighted by atomic mass is 9.60. The summed E-state index contributed by atoms with van der Waals surface area (Å²) in [6.45, 7) is 0. The highest BCUT2D eigenvalue weighted by molar-refractivity contribution is 6.87. The van der Waals surface area contributed by atoms with E-state index in [1.54, 1.807) is 55.2 Å². The molecule has 1 saturated heterocycles. The molecule has 51 heavy (non-hydrogen) atoms. The van der Waals surface area contributed by atoms with Crippen LogP contribution in [0.1, 0.15) is 33.4 Å². The van der Waals surface area contributed by atoms with Crippen LogP contribution in [0.4, 0.5) is 17.1 Å². The van der Waals surface area contributed by atoms with Gasteiger partial charge in [0.1, 0.15) is 0 Å². The summed E-state index contributed by atoms with van der Waals surface area (Å²) in [5.74, 6) is 0. The van der Waals surface area contributed by atoms with E-state index in [2.05, 4.69) is 0 Å². The predicted molar refractivity (Wildman–Crippen MR) is 183 cm³/mol. The van der Waals surface area contributed by atoms with Gasteiger partial charge in [-0.1, -0.05) is 36.4 Å². The summed E-state index contributed by atoms with van der Waals surface area (Å²) in [4.78, 5) is 32.1. The van der Waals surface area contributed by atoms with E-state index in [1.165, 1.54) is 55.2 Å². The summed E-state index contributed by atoms with van der Waals surface area (Å²) in [5.41, 5.74) is 6.13. The van der Waals surface area contributed by atoms with Gasteiger partial charge in [0.2, 0.25) is 0 Å². The topological polar surface area (TPSA) is 197 Å². The van der Waals surface area contributed by atoms with Gasteiger partial charge in [0.15, 0.2) is 0 Å². The van der Waals surface area contributed by atoms with Crippen molar-refractivity contribution >= 4 is 54.8 Å². The zero-order valence-corrected chi connectivity index (χ0v) is 26.5. The number of furan rings is 3. The van der Waals surface area contributed by atoms with Gasteiger partial charge in [-0.3, -0.25) is 30.3 Å². The molecule has 0 saturated carbocycles. The zero-order chi connectivity index (χ0) is 35.5. The Hall–Kier alpha value is -6.23. The van der Waals surface area contributed by atoms with Gasteiger partial charge in [-0.05, 0) is 33.4 Å².